The third-order valence-electron chi connectivity index (χ3n) is 3.13. The van der Waals surface area contributed by atoms with Crippen molar-refractivity contribution in [1.29, 1.82) is 0 Å². The molecule has 5 heteroatoms. The van der Waals surface area contributed by atoms with Gasteiger partial charge in [0.25, 0.3) is 0 Å². The van der Waals surface area contributed by atoms with Crippen LogP contribution < -0.4 is 9.47 Å². The van der Waals surface area contributed by atoms with Crippen LogP contribution in [0.1, 0.15) is 17.4 Å². The Morgan fingerprint density at radius 3 is 2.95 bits per heavy atom. The number of hydrogen-bond donors (Lipinski definition) is 1. The number of aliphatic hydroxyl groups is 1. The van der Waals surface area contributed by atoms with Gasteiger partial charge in [0.05, 0.1) is 11.8 Å². The van der Waals surface area contributed by atoms with Crippen LogP contribution in [0.2, 0.25) is 0 Å². The fourth-order valence-corrected chi connectivity index (χ4v) is 2.24. The van der Waals surface area contributed by atoms with Crippen molar-refractivity contribution >= 4 is 0 Å². The zero-order valence-electron chi connectivity index (χ0n) is 10.7. The lowest BCUT2D eigenvalue weighted by atomic mass is 10.0. The van der Waals surface area contributed by atoms with Crippen LogP contribution in [0.3, 0.4) is 0 Å². The average molecular weight is 260 g/mol. The van der Waals surface area contributed by atoms with E-state index in [1.54, 1.807) is 4.68 Å². The summed E-state index contributed by atoms with van der Waals surface area (Å²) in [4.78, 5) is 0. The lowest BCUT2D eigenvalue weighted by molar-refractivity contribution is 0.145. The summed E-state index contributed by atoms with van der Waals surface area (Å²) in [5.41, 5.74) is 1.60. The molecule has 100 valence electrons. The van der Waals surface area contributed by atoms with Crippen molar-refractivity contribution < 1.29 is 14.6 Å². The number of hydrogen-bond acceptors (Lipinski definition) is 4. The van der Waals surface area contributed by atoms with Gasteiger partial charge in [-0.3, -0.25) is 4.68 Å². The molecule has 1 N–H and O–H groups in total. The Morgan fingerprint density at radius 1 is 1.32 bits per heavy atom. The van der Waals surface area contributed by atoms with E-state index in [4.69, 9.17) is 9.47 Å². The summed E-state index contributed by atoms with van der Waals surface area (Å²) in [7, 11) is 1.86. The van der Waals surface area contributed by atoms with Crippen LogP contribution in [0, 0.1) is 0 Å². The lowest BCUT2D eigenvalue weighted by Gasteiger charge is -2.22. The number of aryl methyl sites for hydroxylation is 1. The molecule has 1 aromatic heterocycles. The lowest BCUT2D eigenvalue weighted by Crippen LogP contribution is -2.17. The summed E-state index contributed by atoms with van der Waals surface area (Å²) in [6.45, 7) is 1.06. The van der Waals surface area contributed by atoms with Crippen LogP contribution in [-0.2, 0) is 13.5 Å². The van der Waals surface area contributed by atoms with E-state index < -0.39 is 6.10 Å². The Morgan fingerprint density at radius 2 is 2.16 bits per heavy atom. The first kappa shape index (κ1) is 12.0. The highest BCUT2D eigenvalue weighted by atomic mass is 16.6. The maximum Gasteiger partial charge on any atom is 0.167 e. The van der Waals surface area contributed by atoms with Crippen LogP contribution in [0.25, 0.3) is 0 Å². The molecule has 19 heavy (non-hydrogen) atoms. The molecule has 3 rings (SSSR count). The minimum atomic E-state index is -0.647. The van der Waals surface area contributed by atoms with Crippen molar-refractivity contribution in [2.24, 2.45) is 7.05 Å². The standard InChI is InChI=1S/C14H16N2O3/c1-16-6-5-10(15-16)9-12(17)11-3-2-4-13-14(11)19-8-7-18-13/h2-6,12,17H,7-9H2,1H3. The predicted molar refractivity (Wildman–Crippen MR) is 69.3 cm³/mol. The highest BCUT2D eigenvalue weighted by molar-refractivity contribution is 5.48. The summed E-state index contributed by atoms with van der Waals surface area (Å²) in [6, 6.07) is 7.48. The van der Waals surface area contributed by atoms with Crippen molar-refractivity contribution in [2.75, 3.05) is 13.2 Å². The molecule has 1 atom stereocenters. The van der Waals surface area contributed by atoms with Crippen molar-refractivity contribution in [3.8, 4) is 11.5 Å². The first-order valence-corrected chi connectivity index (χ1v) is 6.29. The average Bonchev–Trinajstić information content (AvgIpc) is 2.83. The van der Waals surface area contributed by atoms with Crippen molar-refractivity contribution in [1.82, 2.24) is 9.78 Å². The number of benzene rings is 1. The summed E-state index contributed by atoms with van der Waals surface area (Å²) in [5, 5.41) is 14.6. The van der Waals surface area contributed by atoms with Crippen molar-refractivity contribution in [3.05, 3.63) is 41.7 Å². The Balaban J connectivity index is 1.85. The monoisotopic (exact) mass is 260 g/mol. The van der Waals surface area contributed by atoms with Crippen LogP contribution in [-0.4, -0.2) is 28.1 Å². The molecule has 0 fully saturated rings. The number of ether oxygens (including phenoxy) is 2. The van der Waals surface area contributed by atoms with E-state index in [0.717, 1.165) is 11.3 Å². The first-order chi connectivity index (χ1) is 9.24. The Hall–Kier alpha value is -2.01. The number of aliphatic hydroxyl groups excluding tert-OH is 1. The molecule has 1 unspecified atom stereocenters. The van der Waals surface area contributed by atoms with E-state index in [1.165, 1.54) is 0 Å². The zero-order chi connectivity index (χ0) is 13.2. The van der Waals surface area contributed by atoms with Crippen molar-refractivity contribution in [3.63, 3.8) is 0 Å². The minimum Gasteiger partial charge on any atom is -0.486 e. The van der Waals surface area contributed by atoms with Crippen LogP contribution in [0.15, 0.2) is 30.5 Å². The van der Waals surface area contributed by atoms with Crippen molar-refractivity contribution in [2.45, 2.75) is 12.5 Å². The molecule has 2 aromatic rings. The normalized spacial score (nSPS) is 15.3. The molecule has 1 aliphatic heterocycles. The molecule has 2 heterocycles. The van der Waals surface area contributed by atoms with Gasteiger partial charge in [0.15, 0.2) is 11.5 Å². The summed E-state index contributed by atoms with van der Waals surface area (Å²) in [6.07, 6.45) is 1.68. The molecular weight excluding hydrogens is 244 g/mol. The summed E-state index contributed by atoms with van der Waals surface area (Å²) >= 11 is 0. The number of rotatable bonds is 3. The third kappa shape index (κ3) is 2.42. The predicted octanol–water partition coefficient (Wildman–Crippen LogP) is 1.47. The molecule has 0 saturated carbocycles. The second-order valence-corrected chi connectivity index (χ2v) is 4.57. The quantitative estimate of drug-likeness (QED) is 0.908. The van der Waals surface area contributed by atoms with Crippen LogP contribution in [0.5, 0.6) is 11.5 Å². The van der Waals surface area contributed by atoms with Gasteiger partial charge >= 0.3 is 0 Å². The fraction of sp³-hybridized carbons (Fsp3) is 0.357. The Kier molecular flexibility index (Phi) is 3.13. The van der Waals surface area contributed by atoms with E-state index in [-0.39, 0.29) is 0 Å². The molecule has 1 aliphatic rings. The van der Waals surface area contributed by atoms with E-state index in [1.807, 2.05) is 37.5 Å². The maximum atomic E-state index is 10.4. The van der Waals surface area contributed by atoms with E-state index in [0.29, 0.717) is 31.1 Å². The van der Waals surface area contributed by atoms with Gasteiger partial charge in [-0.05, 0) is 12.1 Å². The van der Waals surface area contributed by atoms with Gasteiger partial charge in [0.1, 0.15) is 13.2 Å². The van der Waals surface area contributed by atoms with Crippen LogP contribution >= 0.6 is 0 Å². The zero-order valence-corrected chi connectivity index (χ0v) is 10.7. The van der Waals surface area contributed by atoms with Gasteiger partial charge < -0.3 is 14.6 Å². The SMILES string of the molecule is Cn1ccc(CC(O)c2cccc3c2OCCO3)n1. The van der Waals surface area contributed by atoms with Gasteiger partial charge in [-0.1, -0.05) is 12.1 Å². The van der Waals surface area contributed by atoms with Gasteiger partial charge in [-0.25, -0.2) is 0 Å². The number of aromatic nitrogens is 2. The van der Waals surface area contributed by atoms with E-state index >= 15 is 0 Å². The largest absolute Gasteiger partial charge is 0.486 e. The Bertz CT molecular complexity index is 580. The van der Waals surface area contributed by atoms with Gasteiger partial charge in [0, 0.05) is 25.2 Å². The molecule has 0 radical (unpaired) electrons. The smallest absolute Gasteiger partial charge is 0.167 e. The van der Waals surface area contributed by atoms with Crippen LogP contribution in [0.4, 0.5) is 0 Å². The molecule has 0 aliphatic carbocycles. The second kappa shape index (κ2) is 4.93. The van der Waals surface area contributed by atoms with Gasteiger partial charge in [-0.15, -0.1) is 0 Å². The van der Waals surface area contributed by atoms with Gasteiger partial charge in [0.2, 0.25) is 0 Å². The first-order valence-electron chi connectivity index (χ1n) is 6.29. The molecule has 0 spiro atoms. The number of para-hydroxylation sites is 1. The summed E-state index contributed by atoms with van der Waals surface area (Å²) in [5.74, 6) is 1.35. The molecule has 1 aromatic carbocycles. The topological polar surface area (TPSA) is 56.5 Å². The Labute approximate surface area is 111 Å². The molecule has 0 bridgehead atoms. The van der Waals surface area contributed by atoms with E-state index in [2.05, 4.69) is 5.10 Å². The molecule has 0 amide bonds. The molecule has 0 saturated heterocycles. The van der Waals surface area contributed by atoms with Gasteiger partial charge in [-0.2, -0.15) is 5.10 Å². The minimum absolute atomic E-state index is 0.459. The number of fused-ring (bicyclic) bond motifs is 1. The van der Waals surface area contributed by atoms with E-state index in [9.17, 15) is 5.11 Å². The highest BCUT2D eigenvalue weighted by Crippen LogP contribution is 2.37. The highest BCUT2D eigenvalue weighted by Gasteiger charge is 2.21. The molecule has 5 nitrogen and oxygen atoms in total. The molecular formula is C14H16N2O3. The maximum absolute atomic E-state index is 10.4. The third-order valence-corrected chi connectivity index (χ3v) is 3.13. The second-order valence-electron chi connectivity index (χ2n) is 4.57. The fourth-order valence-electron chi connectivity index (χ4n) is 2.24. The summed E-state index contributed by atoms with van der Waals surface area (Å²) < 4.78 is 12.8. The number of nitrogens with zero attached hydrogens (tertiary/aromatic N) is 2.